The average molecular weight is 419 g/mol. The second-order valence-electron chi connectivity index (χ2n) is 9.07. The zero-order chi connectivity index (χ0) is 19.7. The van der Waals surface area contributed by atoms with Gasteiger partial charge in [-0.1, -0.05) is 27.2 Å². The number of aliphatic hydroxyl groups is 1. The van der Waals surface area contributed by atoms with Gasteiger partial charge in [-0.15, -0.1) is 12.4 Å². The van der Waals surface area contributed by atoms with Gasteiger partial charge in [0.05, 0.1) is 18.2 Å². The molecular formula is C24H35ClN2O2. The SMILES string of the molecule is CC[C@H]1CN2CC[C@H]1C[C@H]2[C@H](O)c1ccnc2ccc(OCCC(C)C)cc12.Cl. The monoisotopic (exact) mass is 418 g/mol. The Balaban J connectivity index is 0.00000240. The Morgan fingerprint density at radius 2 is 2.10 bits per heavy atom. The van der Waals surface area contributed by atoms with E-state index in [0.29, 0.717) is 5.92 Å². The van der Waals surface area contributed by atoms with Gasteiger partial charge in [0.25, 0.3) is 0 Å². The minimum atomic E-state index is -0.475. The van der Waals surface area contributed by atoms with Crippen LogP contribution in [0.4, 0.5) is 0 Å². The van der Waals surface area contributed by atoms with Crippen LogP contribution in [0.5, 0.6) is 5.75 Å². The summed E-state index contributed by atoms with van der Waals surface area (Å²) in [5.41, 5.74) is 1.92. The first-order valence-electron chi connectivity index (χ1n) is 11.0. The fraction of sp³-hybridized carbons (Fsp3) is 0.625. The highest BCUT2D eigenvalue weighted by Gasteiger charge is 2.42. The number of hydrogen-bond acceptors (Lipinski definition) is 4. The number of halogens is 1. The average Bonchev–Trinajstić information content (AvgIpc) is 2.72. The Morgan fingerprint density at radius 1 is 1.28 bits per heavy atom. The number of fused-ring (bicyclic) bond motifs is 4. The smallest absolute Gasteiger partial charge is 0.120 e. The summed E-state index contributed by atoms with van der Waals surface area (Å²) in [4.78, 5) is 7.03. The van der Waals surface area contributed by atoms with E-state index in [1.807, 2.05) is 24.4 Å². The van der Waals surface area contributed by atoms with Crippen LogP contribution in [0.15, 0.2) is 30.5 Å². The molecule has 0 amide bonds. The lowest BCUT2D eigenvalue weighted by Crippen LogP contribution is -2.55. The minimum Gasteiger partial charge on any atom is -0.494 e. The number of hydrogen-bond donors (Lipinski definition) is 1. The maximum absolute atomic E-state index is 11.4. The van der Waals surface area contributed by atoms with Crippen molar-refractivity contribution in [2.75, 3.05) is 19.7 Å². The molecule has 3 saturated heterocycles. The lowest BCUT2D eigenvalue weighted by Gasteiger charge is -2.51. The van der Waals surface area contributed by atoms with Crippen molar-refractivity contribution in [2.24, 2.45) is 17.8 Å². The summed E-state index contributed by atoms with van der Waals surface area (Å²) in [5, 5.41) is 12.4. The molecule has 5 atom stereocenters. The molecule has 4 nitrogen and oxygen atoms in total. The van der Waals surface area contributed by atoms with Gasteiger partial charge in [0.2, 0.25) is 0 Å². The van der Waals surface area contributed by atoms with Gasteiger partial charge in [-0.05, 0) is 73.4 Å². The van der Waals surface area contributed by atoms with Crippen LogP contribution in [0, 0.1) is 17.8 Å². The Bertz CT molecular complexity index is 813. The molecule has 1 unspecified atom stereocenters. The molecule has 29 heavy (non-hydrogen) atoms. The first-order chi connectivity index (χ1) is 13.6. The van der Waals surface area contributed by atoms with E-state index in [1.165, 1.54) is 12.8 Å². The summed E-state index contributed by atoms with van der Waals surface area (Å²) in [6.45, 7) is 9.69. The van der Waals surface area contributed by atoms with Crippen LogP contribution in [-0.2, 0) is 0 Å². The molecule has 3 aliphatic rings. The van der Waals surface area contributed by atoms with Crippen LogP contribution in [0.3, 0.4) is 0 Å². The largest absolute Gasteiger partial charge is 0.494 e. The van der Waals surface area contributed by atoms with E-state index >= 15 is 0 Å². The zero-order valence-electron chi connectivity index (χ0n) is 17.9. The molecular weight excluding hydrogens is 384 g/mol. The van der Waals surface area contributed by atoms with Gasteiger partial charge < -0.3 is 9.84 Å². The molecule has 5 heteroatoms. The molecule has 2 bridgehead atoms. The summed E-state index contributed by atoms with van der Waals surface area (Å²) in [6, 6.07) is 8.27. The lowest BCUT2D eigenvalue weighted by molar-refractivity contribution is -0.0562. The van der Waals surface area contributed by atoms with Crippen LogP contribution >= 0.6 is 12.4 Å². The Hall–Kier alpha value is -1.36. The van der Waals surface area contributed by atoms with Gasteiger partial charge in [0, 0.05) is 24.2 Å². The zero-order valence-corrected chi connectivity index (χ0v) is 18.7. The molecule has 0 aliphatic carbocycles. The van der Waals surface area contributed by atoms with E-state index in [2.05, 4.69) is 36.7 Å². The number of piperidine rings is 3. The van der Waals surface area contributed by atoms with E-state index in [4.69, 9.17) is 4.74 Å². The number of aromatic nitrogens is 1. The van der Waals surface area contributed by atoms with Crippen molar-refractivity contribution >= 4 is 23.3 Å². The van der Waals surface area contributed by atoms with E-state index in [-0.39, 0.29) is 18.4 Å². The number of nitrogens with zero attached hydrogens (tertiary/aromatic N) is 2. The summed E-state index contributed by atoms with van der Waals surface area (Å²) in [7, 11) is 0. The first kappa shape index (κ1) is 22.3. The molecule has 2 aromatic rings. The molecule has 1 aromatic carbocycles. The van der Waals surface area contributed by atoms with Crippen LogP contribution in [-0.4, -0.2) is 40.7 Å². The number of benzene rings is 1. The molecule has 0 radical (unpaired) electrons. The molecule has 5 rings (SSSR count). The number of rotatable bonds is 7. The highest BCUT2D eigenvalue weighted by Crippen LogP contribution is 2.42. The van der Waals surface area contributed by atoms with Crippen molar-refractivity contribution in [1.29, 1.82) is 0 Å². The number of ether oxygens (including phenoxy) is 1. The van der Waals surface area contributed by atoms with Gasteiger partial charge in [0.1, 0.15) is 5.75 Å². The van der Waals surface area contributed by atoms with Crippen LogP contribution in [0.1, 0.15) is 58.1 Å². The van der Waals surface area contributed by atoms with Crippen molar-refractivity contribution in [1.82, 2.24) is 9.88 Å². The Labute approximate surface area is 181 Å². The third kappa shape index (κ3) is 4.70. The van der Waals surface area contributed by atoms with Gasteiger partial charge in [-0.2, -0.15) is 0 Å². The molecule has 0 spiro atoms. The standard InChI is InChI=1S/C24H34N2O2.ClH/c1-4-17-15-26-11-8-18(17)13-23(26)24(27)20-7-10-25-22-6-5-19(14-21(20)22)28-12-9-16(2)3;/h5-7,10,14,16-18,23-24,27H,4,8-9,11-13,15H2,1-3H3;1H/t17-,18-,23-,24+;/m0./s1. The summed E-state index contributed by atoms with van der Waals surface area (Å²) < 4.78 is 5.96. The summed E-state index contributed by atoms with van der Waals surface area (Å²) in [5.74, 6) is 3.05. The number of pyridine rings is 1. The molecule has 3 fully saturated rings. The van der Waals surface area contributed by atoms with Crippen molar-refractivity contribution in [2.45, 2.75) is 58.6 Å². The van der Waals surface area contributed by atoms with E-state index in [1.54, 1.807) is 0 Å². The quantitative estimate of drug-likeness (QED) is 0.668. The van der Waals surface area contributed by atoms with Gasteiger partial charge >= 0.3 is 0 Å². The van der Waals surface area contributed by atoms with Gasteiger partial charge in [0.15, 0.2) is 0 Å². The van der Waals surface area contributed by atoms with Crippen LogP contribution in [0.2, 0.25) is 0 Å². The van der Waals surface area contributed by atoms with Crippen molar-refractivity contribution in [3.8, 4) is 5.75 Å². The summed E-state index contributed by atoms with van der Waals surface area (Å²) in [6.07, 6.45) is 6.03. The predicted molar refractivity (Wildman–Crippen MR) is 121 cm³/mol. The van der Waals surface area contributed by atoms with E-state index in [0.717, 1.165) is 66.6 Å². The predicted octanol–water partition coefficient (Wildman–Crippen LogP) is 5.24. The second-order valence-corrected chi connectivity index (χ2v) is 9.07. The minimum absolute atomic E-state index is 0. The van der Waals surface area contributed by atoms with Crippen molar-refractivity contribution in [3.63, 3.8) is 0 Å². The normalized spacial score (nSPS) is 27.1. The van der Waals surface area contributed by atoms with Crippen LogP contribution in [0.25, 0.3) is 10.9 Å². The first-order valence-corrected chi connectivity index (χ1v) is 11.0. The second kappa shape index (κ2) is 9.63. The lowest BCUT2D eigenvalue weighted by atomic mass is 9.72. The third-order valence-corrected chi connectivity index (χ3v) is 6.85. The molecule has 1 N–H and O–H groups in total. The van der Waals surface area contributed by atoms with Crippen molar-refractivity contribution < 1.29 is 9.84 Å². The third-order valence-electron chi connectivity index (χ3n) is 6.85. The molecule has 1 aromatic heterocycles. The fourth-order valence-corrected chi connectivity index (χ4v) is 5.08. The molecule has 0 saturated carbocycles. The summed E-state index contributed by atoms with van der Waals surface area (Å²) >= 11 is 0. The van der Waals surface area contributed by atoms with E-state index in [9.17, 15) is 5.11 Å². The van der Waals surface area contributed by atoms with Gasteiger partial charge in [-0.3, -0.25) is 9.88 Å². The van der Waals surface area contributed by atoms with Gasteiger partial charge in [-0.25, -0.2) is 0 Å². The maximum Gasteiger partial charge on any atom is 0.120 e. The highest BCUT2D eigenvalue weighted by molar-refractivity contribution is 5.85. The Morgan fingerprint density at radius 3 is 2.79 bits per heavy atom. The van der Waals surface area contributed by atoms with Crippen molar-refractivity contribution in [3.05, 3.63) is 36.0 Å². The topological polar surface area (TPSA) is 45.6 Å². The van der Waals surface area contributed by atoms with Crippen LogP contribution < -0.4 is 4.74 Å². The molecule has 160 valence electrons. The number of aliphatic hydroxyl groups excluding tert-OH is 1. The Kier molecular flexibility index (Phi) is 7.42. The molecule has 4 heterocycles. The molecule has 3 aliphatic heterocycles. The fourth-order valence-electron chi connectivity index (χ4n) is 5.08. The highest BCUT2D eigenvalue weighted by atomic mass is 35.5. The maximum atomic E-state index is 11.4. The van der Waals surface area contributed by atoms with E-state index < -0.39 is 6.10 Å².